The molecule has 1 fully saturated rings. The number of hydrogen-bond donors (Lipinski definition) is 2. The van der Waals surface area contributed by atoms with Gasteiger partial charge in [-0.2, -0.15) is 0 Å². The molecule has 92 valence electrons. The third-order valence-corrected chi connectivity index (χ3v) is 3.22. The Morgan fingerprint density at radius 1 is 1.65 bits per heavy atom. The Morgan fingerprint density at radius 2 is 2.47 bits per heavy atom. The van der Waals surface area contributed by atoms with E-state index in [2.05, 4.69) is 28.2 Å². The maximum Gasteiger partial charge on any atom is 0.131 e. The molecule has 0 aromatic carbocycles. The van der Waals surface area contributed by atoms with Crippen LogP contribution in [0.3, 0.4) is 0 Å². The average molecular weight is 232 g/mol. The number of hydrogen-bond acceptors (Lipinski definition) is 3. The molecule has 0 bridgehead atoms. The summed E-state index contributed by atoms with van der Waals surface area (Å²) in [4.78, 5) is 6.70. The molecule has 1 aromatic rings. The molecule has 0 saturated carbocycles. The number of likely N-dealkylation sites (tertiary alicyclic amines) is 1. The summed E-state index contributed by atoms with van der Waals surface area (Å²) < 4.78 is 0. The van der Waals surface area contributed by atoms with Crippen molar-refractivity contribution in [1.29, 1.82) is 5.41 Å². The van der Waals surface area contributed by atoms with Crippen LogP contribution in [0, 0.1) is 5.41 Å². The number of aromatic nitrogens is 1. The Kier molecular flexibility index (Phi) is 3.74. The fourth-order valence-electron chi connectivity index (χ4n) is 2.30. The fraction of sp³-hybridized carbons (Fsp3) is 0.538. The number of anilines is 1. The van der Waals surface area contributed by atoms with Crippen molar-refractivity contribution in [3.8, 4) is 0 Å². The first kappa shape index (κ1) is 12.0. The minimum Gasteiger partial charge on any atom is -0.329 e. The van der Waals surface area contributed by atoms with Crippen LogP contribution in [0.2, 0.25) is 0 Å². The summed E-state index contributed by atoms with van der Waals surface area (Å²) in [6.07, 6.45) is 4.41. The van der Waals surface area contributed by atoms with Gasteiger partial charge in [0.2, 0.25) is 0 Å². The zero-order valence-corrected chi connectivity index (χ0v) is 10.5. The first-order chi connectivity index (χ1) is 8.15. The Bertz CT molecular complexity index is 402. The molecule has 1 aliphatic rings. The Hall–Kier alpha value is -1.42. The summed E-state index contributed by atoms with van der Waals surface area (Å²) in [6, 6.07) is 4.77. The van der Waals surface area contributed by atoms with Gasteiger partial charge < -0.3 is 5.32 Å². The summed E-state index contributed by atoms with van der Waals surface area (Å²) in [5.41, 5.74) is 1.26. The van der Waals surface area contributed by atoms with Gasteiger partial charge in [0.15, 0.2) is 0 Å². The molecular formula is C13H20N4. The van der Waals surface area contributed by atoms with Gasteiger partial charge in [0.25, 0.3) is 0 Å². The predicted molar refractivity (Wildman–Crippen MR) is 70.4 cm³/mol. The smallest absolute Gasteiger partial charge is 0.131 e. The topological polar surface area (TPSA) is 52.0 Å². The molecule has 1 aromatic heterocycles. The summed E-state index contributed by atoms with van der Waals surface area (Å²) in [7, 11) is 0. The monoisotopic (exact) mass is 232 g/mol. The van der Waals surface area contributed by atoms with Gasteiger partial charge in [-0.15, -0.1) is 0 Å². The van der Waals surface area contributed by atoms with Crippen molar-refractivity contribution < 1.29 is 0 Å². The lowest BCUT2D eigenvalue weighted by atomic mass is 10.2. The van der Waals surface area contributed by atoms with E-state index in [1.807, 2.05) is 6.07 Å². The fourth-order valence-corrected chi connectivity index (χ4v) is 2.30. The van der Waals surface area contributed by atoms with Crippen LogP contribution in [-0.2, 0) is 6.54 Å². The molecule has 4 nitrogen and oxygen atoms in total. The maximum atomic E-state index is 7.40. The van der Waals surface area contributed by atoms with E-state index >= 15 is 0 Å². The molecular weight excluding hydrogens is 212 g/mol. The molecule has 1 aliphatic heterocycles. The zero-order chi connectivity index (χ0) is 12.3. The Morgan fingerprint density at radius 3 is 3.12 bits per heavy atom. The van der Waals surface area contributed by atoms with Crippen LogP contribution < -0.4 is 5.32 Å². The lowest BCUT2D eigenvalue weighted by molar-refractivity contribution is 0.260. The van der Waals surface area contributed by atoms with Crippen molar-refractivity contribution in [3.05, 3.63) is 23.9 Å². The van der Waals surface area contributed by atoms with E-state index in [0.29, 0.717) is 11.9 Å². The van der Waals surface area contributed by atoms with Crippen LogP contribution in [0.4, 0.5) is 5.82 Å². The van der Waals surface area contributed by atoms with E-state index in [-0.39, 0.29) is 0 Å². The average Bonchev–Trinajstić information content (AvgIpc) is 2.64. The minimum absolute atomic E-state index is 0.421. The summed E-state index contributed by atoms with van der Waals surface area (Å²) >= 11 is 0. The zero-order valence-electron chi connectivity index (χ0n) is 10.5. The highest BCUT2D eigenvalue weighted by atomic mass is 15.2. The van der Waals surface area contributed by atoms with Crippen molar-refractivity contribution >= 4 is 11.7 Å². The van der Waals surface area contributed by atoms with Crippen LogP contribution >= 0.6 is 0 Å². The van der Waals surface area contributed by atoms with Gasteiger partial charge in [0.05, 0.1) is 5.84 Å². The number of nitrogens with zero attached hydrogens (tertiary/aromatic N) is 2. The summed E-state index contributed by atoms with van der Waals surface area (Å²) in [5.74, 6) is 1.19. The first-order valence-corrected chi connectivity index (χ1v) is 6.16. The molecule has 2 heterocycles. The first-order valence-electron chi connectivity index (χ1n) is 6.16. The highest BCUT2D eigenvalue weighted by Gasteiger charge is 2.19. The van der Waals surface area contributed by atoms with E-state index in [1.165, 1.54) is 24.9 Å². The standard InChI is InChI=1S/C13H20N4/c1-10-4-3-7-17(10)9-12-5-6-15-13(8-12)16-11(2)14/h5-6,8,10H,3-4,7,9H2,1-2H3,(H2,14,15,16)/t10-/m1/s1. The van der Waals surface area contributed by atoms with E-state index < -0.39 is 0 Å². The van der Waals surface area contributed by atoms with E-state index in [0.717, 1.165) is 12.4 Å². The Labute approximate surface area is 103 Å². The largest absolute Gasteiger partial charge is 0.329 e. The molecule has 0 spiro atoms. The SMILES string of the molecule is CC(=N)Nc1cc(CN2CCC[C@H]2C)ccn1. The highest BCUT2D eigenvalue weighted by molar-refractivity contribution is 5.89. The number of amidine groups is 1. The molecule has 17 heavy (non-hydrogen) atoms. The van der Waals surface area contributed by atoms with Crippen LogP contribution in [0.15, 0.2) is 18.3 Å². The molecule has 4 heteroatoms. The van der Waals surface area contributed by atoms with Crippen LogP contribution in [0.5, 0.6) is 0 Å². The molecule has 1 atom stereocenters. The molecule has 0 amide bonds. The lowest BCUT2D eigenvalue weighted by Crippen LogP contribution is -2.26. The van der Waals surface area contributed by atoms with Gasteiger partial charge in [0, 0.05) is 18.8 Å². The van der Waals surface area contributed by atoms with Crippen molar-refractivity contribution in [1.82, 2.24) is 9.88 Å². The van der Waals surface area contributed by atoms with Gasteiger partial charge in [-0.1, -0.05) is 0 Å². The van der Waals surface area contributed by atoms with E-state index in [1.54, 1.807) is 13.1 Å². The van der Waals surface area contributed by atoms with E-state index in [9.17, 15) is 0 Å². The molecule has 0 unspecified atom stereocenters. The minimum atomic E-state index is 0.421. The van der Waals surface area contributed by atoms with Gasteiger partial charge in [0.1, 0.15) is 5.82 Å². The molecule has 0 aliphatic carbocycles. The number of pyridine rings is 1. The molecule has 1 saturated heterocycles. The third-order valence-electron chi connectivity index (χ3n) is 3.22. The third kappa shape index (κ3) is 3.27. The molecule has 0 radical (unpaired) electrons. The second-order valence-corrected chi connectivity index (χ2v) is 4.76. The second kappa shape index (κ2) is 5.27. The maximum absolute atomic E-state index is 7.40. The predicted octanol–water partition coefficient (Wildman–Crippen LogP) is 2.47. The number of rotatable bonds is 3. The van der Waals surface area contributed by atoms with Crippen LogP contribution in [0.25, 0.3) is 0 Å². The van der Waals surface area contributed by atoms with Crippen molar-refractivity contribution in [3.63, 3.8) is 0 Å². The lowest BCUT2D eigenvalue weighted by Gasteiger charge is -2.21. The van der Waals surface area contributed by atoms with Crippen molar-refractivity contribution in [2.24, 2.45) is 0 Å². The molecule has 2 rings (SSSR count). The van der Waals surface area contributed by atoms with Gasteiger partial charge in [-0.3, -0.25) is 10.3 Å². The normalized spacial score (nSPS) is 20.5. The number of nitrogens with one attached hydrogen (secondary N) is 2. The van der Waals surface area contributed by atoms with Crippen molar-refractivity contribution in [2.45, 2.75) is 39.3 Å². The van der Waals surface area contributed by atoms with Crippen LogP contribution in [0.1, 0.15) is 32.3 Å². The van der Waals surface area contributed by atoms with Crippen LogP contribution in [-0.4, -0.2) is 28.3 Å². The van der Waals surface area contributed by atoms with Gasteiger partial charge in [-0.05, 0) is 50.9 Å². The van der Waals surface area contributed by atoms with Gasteiger partial charge >= 0.3 is 0 Å². The second-order valence-electron chi connectivity index (χ2n) is 4.76. The van der Waals surface area contributed by atoms with Gasteiger partial charge in [-0.25, -0.2) is 4.98 Å². The van der Waals surface area contributed by atoms with Crippen molar-refractivity contribution in [2.75, 3.05) is 11.9 Å². The summed E-state index contributed by atoms with van der Waals surface area (Å²) in [5, 5.41) is 10.3. The highest BCUT2D eigenvalue weighted by Crippen LogP contribution is 2.19. The Balaban J connectivity index is 2.03. The molecule has 2 N–H and O–H groups in total. The quantitative estimate of drug-likeness (QED) is 0.622. The summed E-state index contributed by atoms with van der Waals surface area (Å²) in [6.45, 7) is 6.18. The van der Waals surface area contributed by atoms with E-state index in [4.69, 9.17) is 5.41 Å².